The van der Waals surface area contributed by atoms with Gasteiger partial charge in [0.1, 0.15) is 5.76 Å². The number of ether oxygens (including phenoxy) is 1. The minimum absolute atomic E-state index is 0. The van der Waals surface area contributed by atoms with E-state index in [1.54, 1.807) is 13.4 Å². The van der Waals surface area contributed by atoms with Gasteiger partial charge in [0.05, 0.1) is 19.4 Å². The van der Waals surface area contributed by atoms with Crippen LogP contribution in [-0.2, 0) is 16.0 Å². The number of carbonyl (C=O) groups is 1. The third kappa shape index (κ3) is 7.64. The van der Waals surface area contributed by atoms with Gasteiger partial charge in [0.15, 0.2) is 5.96 Å². The Balaban J connectivity index is 0.00000312. The number of methoxy groups -OCH3 is 1. The van der Waals surface area contributed by atoms with Crippen LogP contribution in [0.4, 0.5) is 0 Å². The Morgan fingerprint density at radius 3 is 3.04 bits per heavy atom. The average Bonchev–Trinajstić information content (AvgIpc) is 3.26. The van der Waals surface area contributed by atoms with Crippen molar-refractivity contribution in [2.75, 3.05) is 39.9 Å². The number of furan rings is 1. The first-order valence-corrected chi connectivity index (χ1v) is 8.57. The highest BCUT2D eigenvalue weighted by Gasteiger charge is 2.25. The third-order valence-electron chi connectivity index (χ3n) is 3.99. The quantitative estimate of drug-likeness (QED) is 0.265. The number of rotatable bonds is 8. The monoisotopic (exact) mass is 464 g/mol. The second-order valence-corrected chi connectivity index (χ2v) is 5.80. The zero-order valence-electron chi connectivity index (χ0n) is 15.0. The second-order valence-electron chi connectivity index (χ2n) is 5.80. The molecule has 1 aromatic rings. The summed E-state index contributed by atoms with van der Waals surface area (Å²) in [7, 11) is 1.66. The van der Waals surface area contributed by atoms with Crippen LogP contribution in [-0.4, -0.2) is 62.7 Å². The van der Waals surface area contributed by atoms with E-state index in [0.29, 0.717) is 19.6 Å². The van der Waals surface area contributed by atoms with E-state index in [1.807, 2.05) is 24.0 Å². The molecule has 2 N–H and O–H groups in total. The van der Waals surface area contributed by atoms with Crippen LogP contribution in [0, 0.1) is 0 Å². The molecule has 0 aliphatic carbocycles. The summed E-state index contributed by atoms with van der Waals surface area (Å²) in [6.07, 6.45) is 3.97. The molecule has 1 amide bonds. The lowest BCUT2D eigenvalue weighted by Crippen LogP contribution is -2.45. The van der Waals surface area contributed by atoms with Crippen molar-refractivity contribution in [3.8, 4) is 0 Å². The number of hydrogen-bond donors (Lipinski definition) is 2. The van der Waals surface area contributed by atoms with Crippen molar-refractivity contribution in [2.45, 2.75) is 32.2 Å². The average molecular weight is 464 g/mol. The molecule has 0 bridgehead atoms. The van der Waals surface area contributed by atoms with Crippen LogP contribution >= 0.6 is 24.0 Å². The van der Waals surface area contributed by atoms with Crippen molar-refractivity contribution in [2.24, 2.45) is 4.99 Å². The van der Waals surface area contributed by atoms with Gasteiger partial charge in [0.2, 0.25) is 5.91 Å². The van der Waals surface area contributed by atoms with Crippen LogP contribution < -0.4 is 10.6 Å². The van der Waals surface area contributed by atoms with E-state index in [0.717, 1.165) is 44.2 Å². The number of aliphatic imine (C=N–C) groups is 1. The molecule has 0 saturated carbocycles. The molecule has 1 fully saturated rings. The fourth-order valence-electron chi connectivity index (χ4n) is 2.68. The normalized spacial score (nSPS) is 17.3. The van der Waals surface area contributed by atoms with Crippen molar-refractivity contribution in [1.29, 1.82) is 0 Å². The Hall–Kier alpha value is -1.29. The molecule has 25 heavy (non-hydrogen) atoms. The van der Waals surface area contributed by atoms with Crippen molar-refractivity contribution >= 4 is 35.8 Å². The van der Waals surface area contributed by atoms with Gasteiger partial charge in [-0.25, -0.2) is 0 Å². The van der Waals surface area contributed by atoms with Crippen LogP contribution in [0.25, 0.3) is 0 Å². The third-order valence-corrected chi connectivity index (χ3v) is 3.99. The zero-order chi connectivity index (χ0) is 17.2. The van der Waals surface area contributed by atoms with Crippen molar-refractivity contribution in [1.82, 2.24) is 15.5 Å². The topological polar surface area (TPSA) is 79.1 Å². The maximum absolute atomic E-state index is 11.8. The lowest BCUT2D eigenvalue weighted by molar-refractivity contribution is -0.129. The predicted octanol–water partition coefficient (Wildman–Crippen LogP) is 1.63. The maximum Gasteiger partial charge on any atom is 0.222 e. The molecular formula is C17H29IN4O3. The lowest BCUT2D eigenvalue weighted by Gasteiger charge is -2.19. The number of carbonyl (C=O) groups excluding carboxylic acids is 1. The maximum atomic E-state index is 11.8. The predicted molar refractivity (Wildman–Crippen MR) is 108 cm³/mol. The lowest BCUT2D eigenvalue weighted by atomic mass is 10.3. The molecule has 8 heteroatoms. The molecular weight excluding hydrogens is 435 g/mol. The van der Waals surface area contributed by atoms with Gasteiger partial charge in [-0.3, -0.25) is 9.79 Å². The van der Waals surface area contributed by atoms with Crippen molar-refractivity contribution in [3.63, 3.8) is 0 Å². The standard InChI is InChI=1S/C17H28N4O3.HI/c1-3-16(22)21-10-7-14(13-21)20-17(19-9-12-23-2)18-8-6-15-5-4-11-24-15;/h4-5,11,14H,3,6-10,12-13H2,1-2H3,(H2,18,19,20);1H. The molecule has 1 atom stereocenters. The molecule has 1 aliphatic heterocycles. The summed E-state index contributed by atoms with van der Waals surface area (Å²) in [5, 5.41) is 6.74. The highest BCUT2D eigenvalue weighted by atomic mass is 127. The highest BCUT2D eigenvalue weighted by molar-refractivity contribution is 14.0. The van der Waals surface area contributed by atoms with Crippen LogP contribution in [0.15, 0.2) is 27.8 Å². The summed E-state index contributed by atoms with van der Waals surface area (Å²) in [4.78, 5) is 18.2. The Bertz CT molecular complexity index is 522. The van der Waals surface area contributed by atoms with Gasteiger partial charge in [-0.05, 0) is 18.6 Å². The Morgan fingerprint density at radius 1 is 1.52 bits per heavy atom. The summed E-state index contributed by atoms with van der Waals surface area (Å²) in [6.45, 7) is 5.35. The second kappa shape index (κ2) is 12.1. The Kier molecular flexibility index (Phi) is 10.6. The molecule has 0 aromatic carbocycles. The summed E-state index contributed by atoms with van der Waals surface area (Å²) in [5.41, 5.74) is 0. The molecule has 142 valence electrons. The fourth-order valence-corrected chi connectivity index (χ4v) is 2.68. The first-order valence-electron chi connectivity index (χ1n) is 8.57. The van der Waals surface area contributed by atoms with E-state index in [4.69, 9.17) is 9.15 Å². The van der Waals surface area contributed by atoms with Gasteiger partial charge in [-0.1, -0.05) is 6.92 Å². The van der Waals surface area contributed by atoms with E-state index < -0.39 is 0 Å². The molecule has 1 aromatic heterocycles. The summed E-state index contributed by atoms with van der Waals surface area (Å²) >= 11 is 0. The van der Waals surface area contributed by atoms with Gasteiger partial charge >= 0.3 is 0 Å². The van der Waals surface area contributed by atoms with E-state index in [9.17, 15) is 4.79 Å². The number of guanidine groups is 1. The van der Waals surface area contributed by atoms with Crippen LogP contribution in [0.1, 0.15) is 25.5 Å². The largest absolute Gasteiger partial charge is 0.469 e. The molecule has 0 radical (unpaired) electrons. The van der Waals surface area contributed by atoms with Gasteiger partial charge in [-0.15, -0.1) is 24.0 Å². The molecule has 0 spiro atoms. The SMILES string of the molecule is CCC(=O)N1CCC(NC(=NCCOC)NCCc2ccco2)C1.I. The first-order chi connectivity index (χ1) is 11.7. The summed E-state index contributed by atoms with van der Waals surface area (Å²) in [5.74, 6) is 1.91. The van der Waals surface area contributed by atoms with Gasteiger partial charge < -0.3 is 24.7 Å². The van der Waals surface area contributed by atoms with Gasteiger partial charge in [0.25, 0.3) is 0 Å². The van der Waals surface area contributed by atoms with Crippen LogP contribution in [0.5, 0.6) is 0 Å². The minimum Gasteiger partial charge on any atom is -0.469 e. The molecule has 2 rings (SSSR count). The number of nitrogens with zero attached hydrogens (tertiary/aromatic N) is 2. The molecule has 1 saturated heterocycles. The highest BCUT2D eigenvalue weighted by Crippen LogP contribution is 2.10. The summed E-state index contributed by atoms with van der Waals surface area (Å²) < 4.78 is 10.4. The van der Waals surface area contributed by atoms with Gasteiger partial charge in [0, 0.05) is 45.6 Å². The Morgan fingerprint density at radius 2 is 2.36 bits per heavy atom. The van der Waals surface area contributed by atoms with Crippen molar-refractivity contribution in [3.05, 3.63) is 24.2 Å². The van der Waals surface area contributed by atoms with Crippen LogP contribution in [0.3, 0.4) is 0 Å². The Labute approximate surface area is 166 Å². The van der Waals surface area contributed by atoms with Gasteiger partial charge in [-0.2, -0.15) is 0 Å². The minimum atomic E-state index is 0. The number of amides is 1. The van der Waals surface area contributed by atoms with E-state index in [1.165, 1.54) is 0 Å². The molecule has 2 heterocycles. The van der Waals surface area contributed by atoms with Crippen molar-refractivity contribution < 1.29 is 13.9 Å². The molecule has 7 nitrogen and oxygen atoms in total. The number of likely N-dealkylation sites (tertiary alicyclic amines) is 1. The molecule has 1 aliphatic rings. The zero-order valence-corrected chi connectivity index (χ0v) is 17.3. The smallest absolute Gasteiger partial charge is 0.222 e. The number of hydrogen-bond acceptors (Lipinski definition) is 4. The fraction of sp³-hybridized carbons (Fsp3) is 0.647. The number of nitrogens with one attached hydrogen (secondary N) is 2. The van der Waals surface area contributed by atoms with E-state index in [2.05, 4.69) is 15.6 Å². The van der Waals surface area contributed by atoms with Crippen LogP contribution in [0.2, 0.25) is 0 Å². The molecule has 1 unspecified atom stereocenters. The summed E-state index contributed by atoms with van der Waals surface area (Å²) in [6, 6.07) is 4.08. The first kappa shape index (κ1) is 21.8. The van der Waals surface area contributed by atoms with E-state index in [-0.39, 0.29) is 35.9 Å². The van der Waals surface area contributed by atoms with E-state index >= 15 is 0 Å². The number of halogens is 1.